The van der Waals surface area contributed by atoms with Crippen LogP contribution in [0.5, 0.6) is 0 Å². The van der Waals surface area contributed by atoms with E-state index in [1.54, 1.807) is 0 Å². The van der Waals surface area contributed by atoms with Crippen LogP contribution < -0.4 is 5.32 Å². The molecule has 0 spiro atoms. The van der Waals surface area contributed by atoms with Crippen molar-refractivity contribution in [3.8, 4) is 0 Å². The molecule has 0 aromatic heterocycles. The van der Waals surface area contributed by atoms with E-state index in [-0.39, 0.29) is 0 Å². The minimum atomic E-state index is -0.651. The number of hydrogen-bond donors (Lipinski definition) is 2. The van der Waals surface area contributed by atoms with Gasteiger partial charge in [0.05, 0.1) is 5.60 Å². The molecule has 5 nitrogen and oxygen atoms in total. The van der Waals surface area contributed by atoms with Crippen molar-refractivity contribution in [2.75, 3.05) is 45.8 Å². The Morgan fingerprint density at radius 3 is 2.55 bits per heavy atom. The summed E-state index contributed by atoms with van der Waals surface area (Å²) in [7, 11) is 0. The van der Waals surface area contributed by atoms with Gasteiger partial charge in [0.1, 0.15) is 0 Å². The normalized spacial score (nSPS) is 25.1. The van der Waals surface area contributed by atoms with Gasteiger partial charge >= 0.3 is 0 Å². The summed E-state index contributed by atoms with van der Waals surface area (Å²) in [4.78, 5) is 16.4. The van der Waals surface area contributed by atoms with Crippen molar-refractivity contribution in [1.82, 2.24) is 15.1 Å². The van der Waals surface area contributed by atoms with E-state index in [1.165, 1.54) is 6.42 Å². The second-order valence-electron chi connectivity index (χ2n) is 6.87. The fourth-order valence-corrected chi connectivity index (χ4v) is 3.15. The summed E-state index contributed by atoms with van der Waals surface area (Å²) < 4.78 is 0. The fourth-order valence-electron chi connectivity index (χ4n) is 3.15. The summed E-state index contributed by atoms with van der Waals surface area (Å²) in [5.74, 6) is 0.996. The second-order valence-corrected chi connectivity index (χ2v) is 6.87. The summed E-state index contributed by atoms with van der Waals surface area (Å²) in [6.07, 6.45) is 2.93. The molecule has 5 heteroatoms. The van der Waals surface area contributed by atoms with E-state index in [1.807, 2.05) is 18.7 Å². The molecule has 1 unspecified atom stereocenters. The number of carbonyl (C=O) groups is 1. The van der Waals surface area contributed by atoms with Gasteiger partial charge < -0.3 is 15.3 Å². The van der Waals surface area contributed by atoms with Crippen molar-refractivity contribution >= 4 is 5.91 Å². The lowest BCUT2D eigenvalue weighted by atomic mass is 10.0. The number of hydrogen-bond acceptors (Lipinski definition) is 4. The summed E-state index contributed by atoms with van der Waals surface area (Å²) in [6, 6.07) is 0. The molecule has 116 valence electrons. The number of nitrogens with zero attached hydrogens (tertiary/aromatic N) is 2. The molecule has 0 saturated carbocycles. The number of rotatable bonds is 5. The molecule has 0 bridgehead atoms. The van der Waals surface area contributed by atoms with Gasteiger partial charge in [-0.05, 0) is 45.7 Å². The molecule has 20 heavy (non-hydrogen) atoms. The zero-order valence-corrected chi connectivity index (χ0v) is 12.9. The molecule has 2 N–H and O–H groups in total. The van der Waals surface area contributed by atoms with Crippen LogP contribution in [0.1, 0.15) is 33.1 Å². The van der Waals surface area contributed by atoms with Crippen LogP contribution in [0.2, 0.25) is 0 Å². The molecular weight excluding hydrogens is 254 g/mol. The lowest BCUT2D eigenvalue weighted by Crippen LogP contribution is -2.52. The fraction of sp³-hybridized carbons (Fsp3) is 0.933. The van der Waals surface area contributed by atoms with E-state index in [2.05, 4.69) is 10.2 Å². The van der Waals surface area contributed by atoms with Crippen LogP contribution in [0.4, 0.5) is 0 Å². The van der Waals surface area contributed by atoms with E-state index in [0.29, 0.717) is 24.8 Å². The third-order valence-electron chi connectivity index (χ3n) is 4.26. The van der Waals surface area contributed by atoms with Crippen molar-refractivity contribution in [3.05, 3.63) is 0 Å². The van der Waals surface area contributed by atoms with Gasteiger partial charge in [-0.2, -0.15) is 0 Å². The van der Waals surface area contributed by atoms with Crippen molar-refractivity contribution in [2.24, 2.45) is 5.92 Å². The van der Waals surface area contributed by atoms with Crippen LogP contribution >= 0.6 is 0 Å². The summed E-state index contributed by atoms with van der Waals surface area (Å²) >= 11 is 0. The average Bonchev–Trinajstić information content (AvgIpc) is 2.88. The predicted octanol–water partition coefficient (Wildman–Crippen LogP) is 0.291. The first-order valence-corrected chi connectivity index (χ1v) is 7.87. The zero-order chi connectivity index (χ0) is 14.6. The lowest BCUT2D eigenvalue weighted by Gasteiger charge is -2.37. The van der Waals surface area contributed by atoms with Gasteiger partial charge in [0, 0.05) is 39.1 Å². The lowest BCUT2D eigenvalue weighted by molar-refractivity contribution is -0.133. The Balaban J connectivity index is 1.66. The summed E-state index contributed by atoms with van der Waals surface area (Å²) in [5.41, 5.74) is -0.651. The monoisotopic (exact) mass is 283 g/mol. The second kappa shape index (κ2) is 6.87. The Morgan fingerprint density at radius 2 is 2.00 bits per heavy atom. The molecule has 2 rings (SSSR count). The van der Waals surface area contributed by atoms with Crippen LogP contribution in [-0.4, -0.2) is 72.2 Å². The molecule has 2 aliphatic rings. The topological polar surface area (TPSA) is 55.8 Å². The summed E-state index contributed by atoms with van der Waals surface area (Å²) in [5, 5.41) is 13.2. The van der Waals surface area contributed by atoms with Crippen LogP contribution in [0.25, 0.3) is 0 Å². The minimum Gasteiger partial charge on any atom is -0.389 e. The molecule has 0 aromatic rings. The number of amides is 1. The minimum absolute atomic E-state index is 0.305. The van der Waals surface area contributed by atoms with Gasteiger partial charge in [-0.1, -0.05) is 0 Å². The van der Waals surface area contributed by atoms with Crippen LogP contribution in [0, 0.1) is 5.92 Å². The first-order chi connectivity index (χ1) is 9.44. The molecule has 0 aromatic carbocycles. The van der Waals surface area contributed by atoms with Crippen LogP contribution in [0.15, 0.2) is 0 Å². The standard InChI is InChI=1S/C15H29N3O2/c1-15(2,20)12-17-7-9-18(10-8-17)14(19)4-3-13-5-6-16-11-13/h13,16,20H,3-12H2,1-2H3. The largest absolute Gasteiger partial charge is 0.389 e. The quantitative estimate of drug-likeness (QED) is 0.761. The van der Waals surface area contributed by atoms with E-state index in [0.717, 1.165) is 45.7 Å². The molecule has 2 saturated heterocycles. The van der Waals surface area contributed by atoms with Gasteiger partial charge in [0.2, 0.25) is 5.91 Å². The van der Waals surface area contributed by atoms with Gasteiger partial charge in [-0.3, -0.25) is 9.69 Å². The molecule has 0 radical (unpaired) electrons. The molecule has 2 fully saturated rings. The molecule has 2 aliphatic heterocycles. The highest BCUT2D eigenvalue weighted by atomic mass is 16.3. The number of β-amino-alcohol motifs (C(OH)–C–C–N with tert-alkyl or cyclic N) is 1. The van der Waals surface area contributed by atoms with E-state index in [4.69, 9.17) is 0 Å². The molecule has 1 atom stereocenters. The number of aliphatic hydroxyl groups is 1. The number of nitrogens with one attached hydrogen (secondary N) is 1. The third-order valence-corrected chi connectivity index (χ3v) is 4.26. The first kappa shape index (κ1) is 15.7. The van der Waals surface area contributed by atoms with Crippen LogP contribution in [0.3, 0.4) is 0 Å². The van der Waals surface area contributed by atoms with Gasteiger partial charge in [0.15, 0.2) is 0 Å². The third kappa shape index (κ3) is 5.04. The predicted molar refractivity (Wildman–Crippen MR) is 79.5 cm³/mol. The highest BCUT2D eigenvalue weighted by molar-refractivity contribution is 5.76. The van der Waals surface area contributed by atoms with E-state index < -0.39 is 5.60 Å². The van der Waals surface area contributed by atoms with E-state index >= 15 is 0 Å². The van der Waals surface area contributed by atoms with Gasteiger partial charge in [-0.25, -0.2) is 0 Å². The molecule has 1 amide bonds. The molecular formula is C15H29N3O2. The average molecular weight is 283 g/mol. The maximum Gasteiger partial charge on any atom is 0.222 e. The summed E-state index contributed by atoms with van der Waals surface area (Å²) in [6.45, 7) is 9.89. The Labute approximate surface area is 122 Å². The van der Waals surface area contributed by atoms with Crippen molar-refractivity contribution in [1.29, 1.82) is 0 Å². The van der Waals surface area contributed by atoms with Crippen molar-refractivity contribution in [2.45, 2.75) is 38.7 Å². The van der Waals surface area contributed by atoms with Gasteiger partial charge in [0.25, 0.3) is 0 Å². The highest BCUT2D eigenvalue weighted by Gasteiger charge is 2.25. The molecule has 0 aliphatic carbocycles. The van der Waals surface area contributed by atoms with Crippen molar-refractivity contribution in [3.63, 3.8) is 0 Å². The maximum atomic E-state index is 12.2. The SMILES string of the molecule is CC(C)(O)CN1CCN(C(=O)CCC2CCNC2)CC1. The Hall–Kier alpha value is -0.650. The Morgan fingerprint density at radius 1 is 1.30 bits per heavy atom. The first-order valence-electron chi connectivity index (χ1n) is 7.87. The number of piperazine rings is 1. The maximum absolute atomic E-state index is 12.2. The Bertz CT molecular complexity index is 314. The van der Waals surface area contributed by atoms with Crippen LogP contribution in [-0.2, 0) is 4.79 Å². The smallest absolute Gasteiger partial charge is 0.222 e. The zero-order valence-electron chi connectivity index (χ0n) is 12.9. The van der Waals surface area contributed by atoms with E-state index in [9.17, 15) is 9.90 Å². The number of carbonyl (C=O) groups excluding carboxylic acids is 1. The highest BCUT2D eigenvalue weighted by Crippen LogP contribution is 2.16. The molecule has 2 heterocycles. The Kier molecular flexibility index (Phi) is 5.41. The van der Waals surface area contributed by atoms with Crippen molar-refractivity contribution < 1.29 is 9.90 Å². The van der Waals surface area contributed by atoms with Gasteiger partial charge in [-0.15, -0.1) is 0 Å².